The number of rotatable bonds is 4. The molecule has 2 aromatic rings. The number of ether oxygens (including phenoxy) is 3. The van der Waals surface area contributed by atoms with Crippen LogP contribution in [-0.4, -0.2) is 39.2 Å². The lowest BCUT2D eigenvalue weighted by atomic mass is 9.91. The Balaban J connectivity index is 1.54. The largest absolute Gasteiger partial charge is 0.492 e. The minimum Gasteiger partial charge on any atom is -0.492 e. The number of para-hydroxylation sites is 1. The minimum atomic E-state index is 0.203. The predicted octanol–water partition coefficient (Wildman–Crippen LogP) is 1.52. The van der Waals surface area contributed by atoms with Gasteiger partial charge in [0.2, 0.25) is 12.5 Å². The van der Waals surface area contributed by atoms with E-state index in [1.807, 2.05) is 30.3 Å². The molecule has 2 aromatic carbocycles. The molecule has 0 fully saturated rings. The molecule has 2 aliphatic heterocycles. The van der Waals surface area contributed by atoms with Crippen molar-refractivity contribution in [1.29, 1.82) is 0 Å². The van der Waals surface area contributed by atoms with Crippen LogP contribution < -0.4 is 29.7 Å². The van der Waals surface area contributed by atoms with Crippen molar-refractivity contribution >= 4 is 23.0 Å². The van der Waals surface area contributed by atoms with E-state index in [9.17, 15) is 0 Å². The minimum absolute atomic E-state index is 0.203. The molecule has 7 heteroatoms. The number of nitrogens with one attached hydrogen (secondary N) is 3. The van der Waals surface area contributed by atoms with E-state index in [1.165, 1.54) is 16.0 Å². The van der Waals surface area contributed by atoms with Gasteiger partial charge in [0.25, 0.3) is 0 Å². The van der Waals surface area contributed by atoms with E-state index in [-0.39, 0.29) is 12.8 Å². The maximum absolute atomic E-state index is 5.74. The molecule has 1 unspecified atom stereocenters. The van der Waals surface area contributed by atoms with Crippen molar-refractivity contribution in [2.75, 3.05) is 39.4 Å². The van der Waals surface area contributed by atoms with Crippen LogP contribution in [0, 0.1) is 0 Å². The van der Waals surface area contributed by atoms with Gasteiger partial charge in [0.15, 0.2) is 16.6 Å². The van der Waals surface area contributed by atoms with E-state index in [1.54, 1.807) is 7.11 Å². The third-order valence-electron chi connectivity index (χ3n) is 5.18. The van der Waals surface area contributed by atoms with E-state index in [0.717, 1.165) is 30.2 Å². The molecule has 0 amide bonds. The molecule has 2 heterocycles. The average Bonchev–Trinajstić information content (AvgIpc) is 3.14. The third kappa shape index (κ3) is 3.52. The number of benzene rings is 2. The maximum atomic E-state index is 5.74. The number of thiocarbonyl (C=S) groups is 1. The number of hydrogen-bond donors (Lipinski definition) is 3. The highest BCUT2D eigenvalue weighted by Gasteiger charge is 2.36. The van der Waals surface area contributed by atoms with Crippen molar-refractivity contribution in [1.82, 2.24) is 5.32 Å². The van der Waals surface area contributed by atoms with E-state index >= 15 is 0 Å². The molecular weight excluding hydrogens is 362 g/mol. The Labute approximate surface area is 164 Å². The lowest BCUT2D eigenvalue weighted by Gasteiger charge is -2.33. The Kier molecular flexibility index (Phi) is 5.05. The Morgan fingerprint density at radius 1 is 1.30 bits per heavy atom. The summed E-state index contributed by atoms with van der Waals surface area (Å²) < 4.78 is 17.0. The first-order chi connectivity index (χ1) is 13.2. The van der Waals surface area contributed by atoms with Gasteiger partial charge in [-0.05, 0) is 36.0 Å². The molecule has 2 atom stereocenters. The fourth-order valence-electron chi connectivity index (χ4n) is 3.79. The first-order valence-corrected chi connectivity index (χ1v) is 9.49. The molecule has 0 saturated heterocycles. The summed E-state index contributed by atoms with van der Waals surface area (Å²) in [6.45, 7) is 1.99. The number of fused-ring (bicyclic) bond motifs is 2. The Morgan fingerprint density at radius 3 is 2.89 bits per heavy atom. The SMILES string of the molecule is COc1c2c(cc3c1[C@@H](CNC(=S)Nc1ccccc1)[NH+](C)CC3)OCO2. The van der Waals surface area contributed by atoms with Gasteiger partial charge in [0.1, 0.15) is 6.04 Å². The van der Waals surface area contributed by atoms with Crippen molar-refractivity contribution in [2.45, 2.75) is 12.5 Å². The van der Waals surface area contributed by atoms with Crippen molar-refractivity contribution in [3.8, 4) is 17.2 Å². The number of likely N-dealkylation sites (N-methyl/N-ethyl adjacent to an activating group) is 1. The van der Waals surface area contributed by atoms with E-state index in [4.69, 9.17) is 26.4 Å². The summed E-state index contributed by atoms with van der Waals surface area (Å²) >= 11 is 5.47. The topological polar surface area (TPSA) is 56.2 Å². The molecule has 0 bridgehead atoms. The molecule has 3 N–H and O–H groups in total. The van der Waals surface area contributed by atoms with Crippen LogP contribution in [0.25, 0.3) is 0 Å². The fraction of sp³-hybridized carbons (Fsp3) is 0.350. The fourth-order valence-corrected chi connectivity index (χ4v) is 3.99. The first-order valence-electron chi connectivity index (χ1n) is 9.09. The Morgan fingerprint density at radius 2 is 2.11 bits per heavy atom. The highest BCUT2D eigenvalue weighted by molar-refractivity contribution is 7.80. The summed E-state index contributed by atoms with van der Waals surface area (Å²) in [5.74, 6) is 2.27. The maximum Gasteiger partial charge on any atom is 0.231 e. The smallest absolute Gasteiger partial charge is 0.231 e. The van der Waals surface area contributed by atoms with Gasteiger partial charge in [-0.25, -0.2) is 0 Å². The average molecular weight is 386 g/mol. The van der Waals surface area contributed by atoms with Gasteiger partial charge in [0.05, 0.1) is 32.8 Å². The van der Waals surface area contributed by atoms with Crippen LogP contribution in [0.3, 0.4) is 0 Å². The lowest BCUT2D eigenvalue weighted by Crippen LogP contribution is -3.11. The summed E-state index contributed by atoms with van der Waals surface area (Å²) in [5, 5.41) is 7.20. The van der Waals surface area contributed by atoms with Crippen LogP contribution in [-0.2, 0) is 6.42 Å². The van der Waals surface area contributed by atoms with Gasteiger partial charge in [0, 0.05) is 12.1 Å². The Hall–Kier alpha value is -2.51. The second-order valence-electron chi connectivity index (χ2n) is 6.82. The highest BCUT2D eigenvalue weighted by atomic mass is 32.1. The van der Waals surface area contributed by atoms with Gasteiger partial charge in [-0.2, -0.15) is 0 Å². The van der Waals surface area contributed by atoms with E-state index in [0.29, 0.717) is 17.4 Å². The van der Waals surface area contributed by atoms with Crippen molar-refractivity contribution in [3.63, 3.8) is 0 Å². The summed E-state index contributed by atoms with van der Waals surface area (Å²) in [6, 6.07) is 12.2. The number of methoxy groups -OCH3 is 1. The molecule has 142 valence electrons. The van der Waals surface area contributed by atoms with E-state index in [2.05, 4.69) is 23.7 Å². The number of hydrogen-bond acceptors (Lipinski definition) is 4. The van der Waals surface area contributed by atoms with Crippen LogP contribution in [0.5, 0.6) is 17.2 Å². The van der Waals surface area contributed by atoms with Crippen molar-refractivity contribution in [3.05, 3.63) is 47.5 Å². The normalized spacial score (nSPS) is 19.9. The third-order valence-corrected chi connectivity index (χ3v) is 5.42. The molecule has 4 rings (SSSR count). The molecule has 0 aromatic heterocycles. The summed E-state index contributed by atoms with van der Waals surface area (Å²) in [5.41, 5.74) is 3.41. The molecule has 0 radical (unpaired) electrons. The van der Waals surface area contributed by atoms with Crippen LogP contribution in [0.15, 0.2) is 36.4 Å². The molecular formula is C20H24N3O3S+. The summed E-state index contributed by atoms with van der Waals surface area (Å²) in [6.07, 6.45) is 0.984. The van der Waals surface area contributed by atoms with Crippen LogP contribution in [0.1, 0.15) is 17.2 Å². The molecule has 0 saturated carbocycles. The van der Waals surface area contributed by atoms with Gasteiger partial charge < -0.3 is 29.7 Å². The number of quaternary nitrogens is 1. The molecule has 27 heavy (non-hydrogen) atoms. The van der Waals surface area contributed by atoms with Crippen molar-refractivity contribution in [2.24, 2.45) is 0 Å². The quantitative estimate of drug-likeness (QED) is 0.693. The van der Waals surface area contributed by atoms with Crippen LogP contribution in [0.4, 0.5) is 5.69 Å². The number of anilines is 1. The van der Waals surface area contributed by atoms with Crippen LogP contribution >= 0.6 is 12.2 Å². The second-order valence-corrected chi connectivity index (χ2v) is 7.22. The monoisotopic (exact) mass is 386 g/mol. The molecule has 0 aliphatic carbocycles. The zero-order valence-electron chi connectivity index (χ0n) is 15.5. The molecule has 2 aliphatic rings. The molecule has 6 nitrogen and oxygen atoms in total. The van der Waals surface area contributed by atoms with Crippen molar-refractivity contribution < 1.29 is 19.1 Å². The summed E-state index contributed by atoms with van der Waals surface area (Å²) in [7, 11) is 3.89. The second kappa shape index (κ2) is 7.62. The van der Waals surface area contributed by atoms with Gasteiger partial charge >= 0.3 is 0 Å². The van der Waals surface area contributed by atoms with Crippen LogP contribution in [0.2, 0.25) is 0 Å². The van der Waals surface area contributed by atoms with Gasteiger partial charge in [-0.15, -0.1) is 0 Å². The lowest BCUT2D eigenvalue weighted by molar-refractivity contribution is -0.913. The summed E-state index contributed by atoms with van der Waals surface area (Å²) in [4.78, 5) is 1.41. The van der Waals surface area contributed by atoms with Gasteiger partial charge in [-0.3, -0.25) is 0 Å². The predicted molar refractivity (Wildman–Crippen MR) is 108 cm³/mol. The molecule has 0 spiro atoms. The van der Waals surface area contributed by atoms with E-state index < -0.39 is 0 Å². The first kappa shape index (κ1) is 17.9. The standard InChI is InChI=1S/C20H23N3O3S/c1-23-9-8-13-10-16-18(26-12-25-16)19(24-2)17(13)15(23)11-21-20(27)22-14-6-4-3-5-7-14/h3-7,10,15H,8-9,11-12H2,1-2H3,(H2,21,22,27)/p+1/t15-/m1/s1. The zero-order valence-corrected chi connectivity index (χ0v) is 16.3. The Bertz CT molecular complexity index is 844. The zero-order chi connectivity index (χ0) is 18.8. The van der Waals surface area contributed by atoms with Gasteiger partial charge in [-0.1, -0.05) is 18.2 Å². The highest BCUT2D eigenvalue weighted by Crippen LogP contribution is 2.47.